The summed E-state index contributed by atoms with van der Waals surface area (Å²) in [5, 5.41) is 4.15. The fourth-order valence-electron chi connectivity index (χ4n) is 1.99. The topological polar surface area (TPSA) is 50.7 Å². The Hall–Kier alpha value is -2.62. The van der Waals surface area contributed by atoms with Gasteiger partial charge < -0.3 is 4.74 Å². The van der Waals surface area contributed by atoms with Gasteiger partial charge in [-0.05, 0) is 48.7 Å². The third kappa shape index (κ3) is 3.95. The monoisotopic (exact) mass is 296 g/mol. The van der Waals surface area contributed by atoms with Gasteiger partial charge >= 0.3 is 0 Å². The number of rotatable bonds is 5. The summed E-state index contributed by atoms with van der Waals surface area (Å²) in [7, 11) is 1.59. The Kier molecular flexibility index (Phi) is 5.31. The molecule has 4 nitrogen and oxygen atoms in total. The Morgan fingerprint density at radius 2 is 1.64 bits per heavy atom. The minimum absolute atomic E-state index is 0.243. The molecular formula is C18H20N2O2. The Balaban J connectivity index is 2.03. The standard InChI is InChI=1S/C18H20N2O2/c1-4-14-5-7-15(8-6-14)13(2)19-20-18(21)16-9-11-17(22-3)12-10-16/h5-12H,4H2,1-3H3,(H,20,21)/b19-13+. The first-order chi connectivity index (χ1) is 10.6. The number of aryl methyl sites for hydroxylation is 1. The van der Waals surface area contributed by atoms with Gasteiger partial charge in [0, 0.05) is 5.56 Å². The van der Waals surface area contributed by atoms with Crippen LogP contribution in [-0.4, -0.2) is 18.7 Å². The fraction of sp³-hybridized carbons (Fsp3) is 0.222. The van der Waals surface area contributed by atoms with Crippen LogP contribution in [0.3, 0.4) is 0 Å². The number of benzene rings is 2. The Morgan fingerprint density at radius 3 is 2.18 bits per heavy atom. The molecule has 0 unspecified atom stereocenters. The Labute approximate surface area is 130 Å². The maximum absolute atomic E-state index is 12.0. The van der Waals surface area contributed by atoms with E-state index in [0.717, 1.165) is 17.7 Å². The van der Waals surface area contributed by atoms with Crippen molar-refractivity contribution in [1.82, 2.24) is 5.43 Å². The van der Waals surface area contributed by atoms with Crippen LogP contribution in [0.5, 0.6) is 5.75 Å². The van der Waals surface area contributed by atoms with E-state index in [2.05, 4.69) is 29.6 Å². The third-order valence-corrected chi connectivity index (χ3v) is 3.46. The predicted molar refractivity (Wildman–Crippen MR) is 88.5 cm³/mol. The van der Waals surface area contributed by atoms with Gasteiger partial charge in [-0.2, -0.15) is 5.10 Å². The first-order valence-corrected chi connectivity index (χ1v) is 7.22. The van der Waals surface area contributed by atoms with E-state index in [-0.39, 0.29) is 5.91 Å². The molecule has 1 N–H and O–H groups in total. The van der Waals surface area contributed by atoms with Gasteiger partial charge in [0.2, 0.25) is 0 Å². The van der Waals surface area contributed by atoms with Gasteiger partial charge in [-0.25, -0.2) is 5.43 Å². The number of hydrogen-bond acceptors (Lipinski definition) is 3. The van der Waals surface area contributed by atoms with E-state index in [9.17, 15) is 4.79 Å². The Bertz CT molecular complexity index is 658. The molecule has 0 fully saturated rings. The van der Waals surface area contributed by atoms with Crippen LogP contribution >= 0.6 is 0 Å². The van der Waals surface area contributed by atoms with E-state index < -0.39 is 0 Å². The zero-order valence-electron chi connectivity index (χ0n) is 13.1. The first-order valence-electron chi connectivity index (χ1n) is 7.22. The van der Waals surface area contributed by atoms with E-state index in [4.69, 9.17) is 4.74 Å². The van der Waals surface area contributed by atoms with Crippen LogP contribution in [0, 0.1) is 0 Å². The van der Waals surface area contributed by atoms with E-state index >= 15 is 0 Å². The molecule has 2 rings (SSSR count). The summed E-state index contributed by atoms with van der Waals surface area (Å²) >= 11 is 0. The van der Waals surface area contributed by atoms with Crippen molar-refractivity contribution in [1.29, 1.82) is 0 Å². The van der Waals surface area contributed by atoms with E-state index in [1.807, 2.05) is 19.1 Å². The molecule has 0 heterocycles. The third-order valence-electron chi connectivity index (χ3n) is 3.46. The minimum Gasteiger partial charge on any atom is -0.497 e. The van der Waals surface area contributed by atoms with Crippen molar-refractivity contribution in [3.8, 4) is 5.75 Å². The molecular weight excluding hydrogens is 276 g/mol. The van der Waals surface area contributed by atoms with E-state index in [0.29, 0.717) is 11.3 Å². The van der Waals surface area contributed by atoms with Crippen LogP contribution in [0.15, 0.2) is 53.6 Å². The highest BCUT2D eigenvalue weighted by molar-refractivity contribution is 6.00. The van der Waals surface area contributed by atoms with Crippen molar-refractivity contribution >= 4 is 11.6 Å². The summed E-state index contributed by atoms with van der Waals surface area (Å²) < 4.78 is 5.06. The van der Waals surface area contributed by atoms with Crippen molar-refractivity contribution in [3.63, 3.8) is 0 Å². The van der Waals surface area contributed by atoms with Crippen molar-refractivity contribution in [2.45, 2.75) is 20.3 Å². The van der Waals surface area contributed by atoms with Crippen LogP contribution in [0.25, 0.3) is 0 Å². The van der Waals surface area contributed by atoms with Crippen LogP contribution in [0.1, 0.15) is 35.3 Å². The molecule has 2 aromatic carbocycles. The van der Waals surface area contributed by atoms with Crippen molar-refractivity contribution in [2.24, 2.45) is 5.10 Å². The lowest BCUT2D eigenvalue weighted by atomic mass is 10.1. The molecule has 0 aliphatic heterocycles. The molecule has 0 radical (unpaired) electrons. The quantitative estimate of drug-likeness (QED) is 0.679. The number of carbonyl (C=O) groups is 1. The van der Waals surface area contributed by atoms with Gasteiger partial charge in [0.25, 0.3) is 5.91 Å². The minimum atomic E-state index is -0.243. The molecule has 0 saturated carbocycles. The number of nitrogens with one attached hydrogen (secondary N) is 1. The van der Waals surface area contributed by atoms with Gasteiger partial charge in [0.15, 0.2) is 0 Å². The van der Waals surface area contributed by atoms with Gasteiger partial charge in [-0.3, -0.25) is 4.79 Å². The number of methoxy groups -OCH3 is 1. The highest BCUT2D eigenvalue weighted by atomic mass is 16.5. The average molecular weight is 296 g/mol. The SMILES string of the molecule is CCc1ccc(/C(C)=N/NC(=O)c2ccc(OC)cc2)cc1. The van der Waals surface area contributed by atoms with Gasteiger partial charge in [0.1, 0.15) is 5.75 Å². The van der Waals surface area contributed by atoms with Crippen LogP contribution < -0.4 is 10.2 Å². The molecule has 0 aliphatic carbocycles. The van der Waals surface area contributed by atoms with E-state index in [1.165, 1.54) is 5.56 Å². The molecule has 0 aromatic heterocycles. The molecule has 0 aliphatic rings. The van der Waals surface area contributed by atoms with Gasteiger partial charge in [-0.15, -0.1) is 0 Å². The molecule has 0 saturated heterocycles. The second-order valence-electron chi connectivity index (χ2n) is 4.92. The van der Waals surface area contributed by atoms with Gasteiger partial charge in [-0.1, -0.05) is 31.2 Å². The van der Waals surface area contributed by atoms with Crippen LogP contribution in [0.2, 0.25) is 0 Å². The summed E-state index contributed by atoms with van der Waals surface area (Å²) in [6.45, 7) is 3.99. The summed E-state index contributed by atoms with van der Waals surface area (Å²) in [5.74, 6) is 0.472. The number of carbonyl (C=O) groups excluding carboxylic acids is 1. The van der Waals surface area contributed by atoms with Crippen molar-refractivity contribution < 1.29 is 9.53 Å². The average Bonchev–Trinajstić information content (AvgIpc) is 2.59. The van der Waals surface area contributed by atoms with Crippen molar-refractivity contribution in [3.05, 3.63) is 65.2 Å². The molecule has 22 heavy (non-hydrogen) atoms. The Morgan fingerprint density at radius 1 is 1.05 bits per heavy atom. The zero-order valence-corrected chi connectivity index (χ0v) is 13.1. The van der Waals surface area contributed by atoms with Crippen LogP contribution in [0.4, 0.5) is 0 Å². The lowest BCUT2D eigenvalue weighted by molar-refractivity contribution is 0.0955. The highest BCUT2D eigenvalue weighted by Gasteiger charge is 2.05. The largest absolute Gasteiger partial charge is 0.497 e. The number of amides is 1. The van der Waals surface area contributed by atoms with Gasteiger partial charge in [0.05, 0.1) is 12.8 Å². The molecule has 1 amide bonds. The molecule has 2 aromatic rings. The molecule has 0 bridgehead atoms. The lowest BCUT2D eigenvalue weighted by Gasteiger charge is -2.05. The predicted octanol–water partition coefficient (Wildman–Crippen LogP) is 3.41. The maximum Gasteiger partial charge on any atom is 0.271 e. The number of hydrazone groups is 1. The van der Waals surface area contributed by atoms with Crippen LogP contribution in [-0.2, 0) is 6.42 Å². The zero-order chi connectivity index (χ0) is 15.9. The van der Waals surface area contributed by atoms with E-state index in [1.54, 1.807) is 31.4 Å². The molecule has 0 spiro atoms. The second kappa shape index (κ2) is 7.41. The summed E-state index contributed by atoms with van der Waals surface area (Å²) in [6.07, 6.45) is 1.00. The number of ether oxygens (including phenoxy) is 1. The second-order valence-corrected chi connectivity index (χ2v) is 4.92. The smallest absolute Gasteiger partial charge is 0.271 e. The fourth-order valence-corrected chi connectivity index (χ4v) is 1.99. The molecule has 4 heteroatoms. The first kappa shape index (κ1) is 15.8. The highest BCUT2D eigenvalue weighted by Crippen LogP contribution is 2.11. The summed E-state index contributed by atoms with van der Waals surface area (Å²) in [5.41, 5.74) is 6.15. The lowest BCUT2D eigenvalue weighted by Crippen LogP contribution is -2.19. The number of hydrogen-bond donors (Lipinski definition) is 1. The maximum atomic E-state index is 12.0. The normalized spacial score (nSPS) is 11.1. The summed E-state index contributed by atoms with van der Waals surface area (Å²) in [4.78, 5) is 12.0. The number of nitrogens with zero attached hydrogens (tertiary/aromatic N) is 1. The van der Waals surface area contributed by atoms with Crippen molar-refractivity contribution in [2.75, 3.05) is 7.11 Å². The molecule has 0 atom stereocenters. The summed E-state index contributed by atoms with van der Waals surface area (Å²) in [6, 6.07) is 15.1. The molecule has 114 valence electrons.